The second kappa shape index (κ2) is 5.94. The van der Waals surface area contributed by atoms with Crippen molar-refractivity contribution >= 4 is 5.91 Å². The van der Waals surface area contributed by atoms with Crippen LogP contribution in [-0.4, -0.2) is 36.1 Å². The van der Waals surface area contributed by atoms with Crippen LogP contribution < -0.4 is 5.73 Å². The summed E-state index contributed by atoms with van der Waals surface area (Å²) in [7, 11) is 0. The SMILES string of the molecule is NCC1CCC(C(=O)N2CCCC2c2ccccc2)O1. The average molecular weight is 274 g/mol. The Kier molecular flexibility index (Phi) is 4.03. The summed E-state index contributed by atoms with van der Waals surface area (Å²) in [5.41, 5.74) is 6.85. The van der Waals surface area contributed by atoms with Crippen LogP contribution in [0.25, 0.3) is 0 Å². The van der Waals surface area contributed by atoms with Gasteiger partial charge in [-0.25, -0.2) is 0 Å². The van der Waals surface area contributed by atoms with Crippen molar-refractivity contribution in [2.24, 2.45) is 5.73 Å². The summed E-state index contributed by atoms with van der Waals surface area (Å²) in [6.45, 7) is 1.34. The van der Waals surface area contributed by atoms with Gasteiger partial charge in [-0.15, -0.1) is 0 Å². The van der Waals surface area contributed by atoms with Crippen LogP contribution in [0.2, 0.25) is 0 Å². The molecule has 2 N–H and O–H groups in total. The summed E-state index contributed by atoms with van der Waals surface area (Å²) in [5.74, 6) is 0.146. The Hall–Kier alpha value is -1.39. The monoisotopic (exact) mass is 274 g/mol. The smallest absolute Gasteiger partial charge is 0.252 e. The number of nitrogens with two attached hydrogens (primary N) is 1. The third kappa shape index (κ3) is 2.58. The van der Waals surface area contributed by atoms with Crippen LogP contribution in [0, 0.1) is 0 Å². The molecule has 20 heavy (non-hydrogen) atoms. The van der Waals surface area contributed by atoms with Crippen molar-refractivity contribution < 1.29 is 9.53 Å². The summed E-state index contributed by atoms with van der Waals surface area (Å²) < 4.78 is 5.75. The third-order valence-corrected chi connectivity index (χ3v) is 4.37. The third-order valence-electron chi connectivity index (χ3n) is 4.37. The quantitative estimate of drug-likeness (QED) is 0.915. The van der Waals surface area contributed by atoms with Crippen LogP contribution in [0.5, 0.6) is 0 Å². The molecule has 2 fully saturated rings. The second-order valence-corrected chi connectivity index (χ2v) is 5.66. The van der Waals surface area contributed by atoms with E-state index in [4.69, 9.17) is 10.5 Å². The first-order valence-electron chi connectivity index (χ1n) is 7.50. The van der Waals surface area contributed by atoms with E-state index in [1.807, 2.05) is 23.1 Å². The zero-order valence-corrected chi connectivity index (χ0v) is 11.7. The Morgan fingerprint density at radius 1 is 1.25 bits per heavy atom. The van der Waals surface area contributed by atoms with Gasteiger partial charge in [0.2, 0.25) is 0 Å². The number of carbonyl (C=O) groups excluding carboxylic acids is 1. The number of ether oxygens (including phenoxy) is 1. The molecule has 3 unspecified atom stereocenters. The zero-order valence-electron chi connectivity index (χ0n) is 11.7. The Morgan fingerprint density at radius 2 is 2.05 bits per heavy atom. The number of likely N-dealkylation sites (tertiary alicyclic amines) is 1. The van der Waals surface area contributed by atoms with Crippen LogP contribution in [0.3, 0.4) is 0 Å². The molecule has 0 spiro atoms. The highest BCUT2D eigenvalue weighted by Gasteiger charge is 2.37. The molecule has 2 aliphatic rings. The largest absolute Gasteiger partial charge is 0.364 e. The van der Waals surface area contributed by atoms with E-state index in [2.05, 4.69) is 12.1 Å². The lowest BCUT2D eigenvalue weighted by Crippen LogP contribution is -2.39. The lowest BCUT2D eigenvalue weighted by molar-refractivity contribution is -0.143. The first-order chi connectivity index (χ1) is 9.79. The van der Waals surface area contributed by atoms with E-state index in [0.717, 1.165) is 32.2 Å². The van der Waals surface area contributed by atoms with Crippen LogP contribution >= 0.6 is 0 Å². The van der Waals surface area contributed by atoms with E-state index >= 15 is 0 Å². The Balaban J connectivity index is 1.71. The highest BCUT2D eigenvalue weighted by atomic mass is 16.5. The fourth-order valence-electron chi connectivity index (χ4n) is 3.30. The number of benzene rings is 1. The molecule has 108 valence electrons. The Bertz CT molecular complexity index is 463. The van der Waals surface area contributed by atoms with Crippen molar-refractivity contribution in [2.75, 3.05) is 13.1 Å². The van der Waals surface area contributed by atoms with Crippen LogP contribution in [0.1, 0.15) is 37.3 Å². The fraction of sp³-hybridized carbons (Fsp3) is 0.562. The maximum absolute atomic E-state index is 12.7. The van der Waals surface area contributed by atoms with Crippen molar-refractivity contribution in [3.63, 3.8) is 0 Å². The molecule has 4 nitrogen and oxygen atoms in total. The number of carbonyl (C=O) groups is 1. The zero-order chi connectivity index (χ0) is 13.9. The van der Waals surface area contributed by atoms with Gasteiger partial charge in [-0.05, 0) is 31.2 Å². The minimum absolute atomic E-state index is 0.0572. The van der Waals surface area contributed by atoms with Gasteiger partial charge in [0.15, 0.2) is 0 Å². The fourth-order valence-corrected chi connectivity index (χ4v) is 3.30. The number of hydrogen-bond donors (Lipinski definition) is 1. The maximum Gasteiger partial charge on any atom is 0.252 e. The summed E-state index contributed by atoms with van der Waals surface area (Å²) in [6.07, 6.45) is 3.59. The van der Waals surface area contributed by atoms with E-state index in [-0.39, 0.29) is 24.2 Å². The summed E-state index contributed by atoms with van der Waals surface area (Å²) in [6, 6.07) is 10.5. The molecule has 0 radical (unpaired) electrons. The molecule has 0 aliphatic carbocycles. The van der Waals surface area contributed by atoms with Crippen LogP contribution in [0.4, 0.5) is 0 Å². The van der Waals surface area contributed by atoms with Gasteiger partial charge in [-0.1, -0.05) is 30.3 Å². The van der Waals surface area contributed by atoms with Crippen molar-refractivity contribution in [2.45, 2.75) is 43.9 Å². The highest BCUT2D eigenvalue weighted by molar-refractivity contribution is 5.82. The molecule has 1 aromatic carbocycles. The minimum atomic E-state index is -0.284. The molecule has 0 saturated carbocycles. The molecule has 3 atom stereocenters. The standard InChI is InChI=1S/C16H22N2O2/c17-11-13-8-9-15(20-13)16(19)18-10-4-7-14(18)12-5-2-1-3-6-12/h1-3,5-6,13-15H,4,7-11,17H2. The van der Waals surface area contributed by atoms with Gasteiger partial charge < -0.3 is 15.4 Å². The Labute approximate surface area is 119 Å². The van der Waals surface area contributed by atoms with Gasteiger partial charge in [0, 0.05) is 13.1 Å². The molecule has 0 bridgehead atoms. The first-order valence-corrected chi connectivity index (χ1v) is 7.50. The molecule has 3 rings (SSSR count). The average Bonchev–Trinajstić information content (AvgIpc) is 3.16. The van der Waals surface area contributed by atoms with Gasteiger partial charge in [0.05, 0.1) is 12.1 Å². The van der Waals surface area contributed by atoms with Crippen molar-refractivity contribution in [3.05, 3.63) is 35.9 Å². The maximum atomic E-state index is 12.7. The van der Waals surface area contributed by atoms with Crippen LogP contribution in [0.15, 0.2) is 30.3 Å². The lowest BCUT2D eigenvalue weighted by Gasteiger charge is -2.27. The van der Waals surface area contributed by atoms with Gasteiger partial charge in [0.25, 0.3) is 5.91 Å². The number of hydrogen-bond acceptors (Lipinski definition) is 3. The molecule has 2 aliphatic heterocycles. The van der Waals surface area contributed by atoms with E-state index in [9.17, 15) is 4.79 Å². The van der Waals surface area contributed by atoms with Gasteiger partial charge in [-0.2, -0.15) is 0 Å². The van der Waals surface area contributed by atoms with Gasteiger partial charge in [0.1, 0.15) is 6.10 Å². The minimum Gasteiger partial charge on any atom is -0.364 e. The van der Waals surface area contributed by atoms with Crippen LogP contribution in [-0.2, 0) is 9.53 Å². The molecular formula is C16H22N2O2. The van der Waals surface area contributed by atoms with Crippen molar-refractivity contribution in [3.8, 4) is 0 Å². The molecular weight excluding hydrogens is 252 g/mol. The van der Waals surface area contributed by atoms with Crippen molar-refractivity contribution in [1.29, 1.82) is 0 Å². The summed E-state index contributed by atoms with van der Waals surface area (Å²) >= 11 is 0. The molecule has 1 amide bonds. The normalized spacial score (nSPS) is 29.9. The molecule has 2 heterocycles. The molecule has 1 aromatic rings. The van der Waals surface area contributed by atoms with Gasteiger partial charge >= 0.3 is 0 Å². The number of amides is 1. The number of nitrogens with zero attached hydrogens (tertiary/aromatic N) is 1. The topological polar surface area (TPSA) is 55.6 Å². The summed E-state index contributed by atoms with van der Waals surface area (Å²) in [5, 5.41) is 0. The highest BCUT2D eigenvalue weighted by Crippen LogP contribution is 2.34. The van der Waals surface area contributed by atoms with E-state index in [0.29, 0.717) is 6.54 Å². The van der Waals surface area contributed by atoms with E-state index in [1.165, 1.54) is 5.56 Å². The second-order valence-electron chi connectivity index (χ2n) is 5.66. The first kappa shape index (κ1) is 13.6. The lowest BCUT2D eigenvalue weighted by atomic mass is 10.0. The molecule has 4 heteroatoms. The molecule has 0 aromatic heterocycles. The van der Waals surface area contributed by atoms with E-state index < -0.39 is 0 Å². The van der Waals surface area contributed by atoms with E-state index in [1.54, 1.807) is 0 Å². The predicted molar refractivity (Wildman–Crippen MR) is 77.1 cm³/mol. The van der Waals surface area contributed by atoms with Crippen molar-refractivity contribution in [1.82, 2.24) is 4.90 Å². The number of rotatable bonds is 3. The predicted octanol–water partition coefficient (Wildman–Crippen LogP) is 1.86. The van der Waals surface area contributed by atoms with Gasteiger partial charge in [-0.3, -0.25) is 4.79 Å². The molecule has 2 saturated heterocycles. The Morgan fingerprint density at radius 3 is 2.75 bits per heavy atom. The summed E-state index contributed by atoms with van der Waals surface area (Å²) in [4.78, 5) is 14.7.